The molecule has 2 aliphatic heterocycles. The number of rotatable bonds is 10. The fraction of sp³-hybridized carbons (Fsp3) is 0.519. The fourth-order valence-electron chi connectivity index (χ4n) is 4.85. The Balaban J connectivity index is 1.47. The third-order valence-electron chi connectivity index (χ3n) is 7.03. The van der Waals surface area contributed by atoms with Gasteiger partial charge >= 0.3 is 5.97 Å². The van der Waals surface area contributed by atoms with Crippen molar-refractivity contribution in [3.8, 4) is 23.0 Å². The monoisotopic (exact) mass is 534 g/mol. The summed E-state index contributed by atoms with van der Waals surface area (Å²) in [4.78, 5) is 12.6. The first-order chi connectivity index (χ1) is 18.3. The number of carbonyl (C=O) groups excluding carboxylic acids is 1. The molecule has 0 radical (unpaired) electrons. The summed E-state index contributed by atoms with van der Waals surface area (Å²) in [5.74, 6) is 1.12. The number of aliphatic hydroxyl groups excluding tert-OH is 4. The van der Waals surface area contributed by atoms with E-state index >= 15 is 0 Å². The maximum Gasteiger partial charge on any atom is 0.309 e. The summed E-state index contributed by atoms with van der Waals surface area (Å²) in [7, 11) is 4.59. The summed E-state index contributed by atoms with van der Waals surface area (Å²) in [6, 6.07) is 10.8. The third kappa shape index (κ3) is 5.82. The Kier molecular flexibility index (Phi) is 8.95. The fourth-order valence-corrected chi connectivity index (χ4v) is 4.85. The molecule has 0 aromatic heterocycles. The predicted molar refractivity (Wildman–Crippen MR) is 132 cm³/mol. The lowest BCUT2D eigenvalue weighted by molar-refractivity contribution is -0.277. The number of ether oxygens (including phenoxy) is 6. The zero-order valence-electron chi connectivity index (χ0n) is 21.5. The SMILES string of the molecule is COc1ccc(C[C@@H]2C(=O)OC[C@H]2Cc2ccc(O[C@@H]3O[C@H](CO)[C@@H](O)[C@H](O)[C@H]3O)c(OC)c2)cc1OC. The van der Waals surface area contributed by atoms with Gasteiger partial charge in [0, 0.05) is 5.92 Å². The highest BCUT2D eigenvalue weighted by atomic mass is 16.7. The Bertz CT molecular complexity index is 1100. The molecule has 0 bridgehead atoms. The molecule has 7 atom stereocenters. The van der Waals surface area contributed by atoms with Crippen LogP contribution in [0.5, 0.6) is 23.0 Å². The highest BCUT2D eigenvalue weighted by molar-refractivity contribution is 5.75. The van der Waals surface area contributed by atoms with Gasteiger partial charge in [-0.25, -0.2) is 0 Å². The normalized spacial score (nSPS) is 29.0. The van der Waals surface area contributed by atoms with Crippen LogP contribution in [-0.4, -0.2) is 91.6 Å². The Morgan fingerprint density at radius 1 is 0.816 bits per heavy atom. The van der Waals surface area contributed by atoms with E-state index in [0.29, 0.717) is 36.7 Å². The molecule has 0 unspecified atom stereocenters. The third-order valence-corrected chi connectivity index (χ3v) is 7.03. The van der Waals surface area contributed by atoms with Gasteiger partial charge in [0.1, 0.15) is 24.4 Å². The topological polar surface area (TPSA) is 153 Å². The second-order valence-corrected chi connectivity index (χ2v) is 9.39. The van der Waals surface area contributed by atoms with Crippen LogP contribution in [0.4, 0.5) is 0 Å². The quantitative estimate of drug-likeness (QED) is 0.315. The van der Waals surface area contributed by atoms with E-state index < -0.39 is 37.3 Å². The minimum absolute atomic E-state index is 0.0717. The second kappa shape index (κ2) is 12.2. The molecule has 2 aromatic carbocycles. The van der Waals surface area contributed by atoms with Crippen LogP contribution in [0.3, 0.4) is 0 Å². The minimum atomic E-state index is -1.56. The number of cyclic esters (lactones) is 1. The van der Waals surface area contributed by atoms with Gasteiger partial charge in [-0.05, 0) is 48.2 Å². The molecule has 11 heteroatoms. The maximum atomic E-state index is 12.6. The summed E-state index contributed by atoms with van der Waals surface area (Å²) in [5.41, 5.74) is 1.81. The Morgan fingerprint density at radius 2 is 1.42 bits per heavy atom. The van der Waals surface area contributed by atoms with Crippen molar-refractivity contribution in [2.45, 2.75) is 43.5 Å². The highest BCUT2D eigenvalue weighted by Crippen LogP contribution is 2.36. The number of aliphatic hydroxyl groups is 4. The van der Waals surface area contributed by atoms with Crippen LogP contribution in [0.15, 0.2) is 36.4 Å². The van der Waals surface area contributed by atoms with Crippen LogP contribution in [0.1, 0.15) is 11.1 Å². The molecule has 4 rings (SSSR count). The molecule has 208 valence electrons. The molecule has 2 saturated heterocycles. The number of carbonyl (C=O) groups is 1. The second-order valence-electron chi connectivity index (χ2n) is 9.39. The van der Waals surface area contributed by atoms with E-state index in [0.717, 1.165) is 11.1 Å². The number of methoxy groups -OCH3 is 3. The number of esters is 1. The maximum absolute atomic E-state index is 12.6. The van der Waals surface area contributed by atoms with Crippen molar-refractivity contribution < 1.29 is 53.6 Å². The zero-order chi connectivity index (χ0) is 27.4. The smallest absolute Gasteiger partial charge is 0.309 e. The van der Waals surface area contributed by atoms with E-state index in [1.165, 1.54) is 7.11 Å². The molecule has 2 fully saturated rings. The van der Waals surface area contributed by atoms with Crippen LogP contribution in [0.25, 0.3) is 0 Å². The Morgan fingerprint density at radius 3 is 2.05 bits per heavy atom. The molecule has 2 heterocycles. The van der Waals surface area contributed by atoms with Gasteiger partial charge in [-0.1, -0.05) is 12.1 Å². The van der Waals surface area contributed by atoms with Crippen molar-refractivity contribution in [1.82, 2.24) is 0 Å². The van der Waals surface area contributed by atoms with E-state index in [4.69, 9.17) is 28.4 Å². The van der Waals surface area contributed by atoms with Gasteiger partial charge in [0.15, 0.2) is 23.0 Å². The van der Waals surface area contributed by atoms with Crippen LogP contribution < -0.4 is 18.9 Å². The number of benzene rings is 2. The first kappa shape index (κ1) is 27.9. The molecule has 11 nitrogen and oxygen atoms in total. The number of hydrogen-bond acceptors (Lipinski definition) is 11. The molecule has 0 aliphatic carbocycles. The van der Waals surface area contributed by atoms with Crippen LogP contribution in [0.2, 0.25) is 0 Å². The predicted octanol–water partition coefficient (Wildman–Crippen LogP) is 0.466. The molecular formula is C27H34O11. The largest absolute Gasteiger partial charge is 0.493 e. The van der Waals surface area contributed by atoms with Crippen molar-refractivity contribution in [2.75, 3.05) is 34.5 Å². The average Bonchev–Trinajstić information content (AvgIpc) is 3.27. The summed E-state index contributed by atoms with van der Waals surface area (Å²) in [5, 5.41) is 39.7. The van der Waals surface area contributed by atoms with E-state index in [1.807, 2.05) is 18.2 Å². The first-order valence-electron chi connectivity index (χ1n) is 12.3. The lowest BCUT2D eigenvalue weighted by Gasteiger charge is -2.39. The van der Waals surface area contributed by atoms with Gasteiger partial charge in [-0.2, -0.15) is 0 Å². The first-order valence-corrected chi connectivity index (χ1v) is 12.3. The van der Waals surface area contributed by atoms with Crippen molar-refractivity contribution in [1.29, 1.82) is 0 Å². The van der Waals surface area contributed by atoms with Gasteiger partial charge in [0.25, 0.3) is 0 Å². The summed E-state index contributed by atoms with van der Waals surface area (Å²) in [6.45, 7) is -0.268. The molecule has 4 N–H and O–H groups in total. The molecule has 0 saturated carbocycles. The Hall–Kier alpha value is -3.09. The standard InChI is InChI=1S/C27H34O11/c1-33-18-6-4-15(11-20(18)34-2)9-17-16(13-36-26(17)32)8-14-5-7-19(21(10-14)35-3)37-27-25(31)24(30)23(29)22(12-28)38-27/h4-7,10-11,16-17,22-25,27-31H,8-9,12-13H2,1-3H3/t16-,17+,22-,23-,24+,25-,27-/m1/s1. The average molecular weight is 535 g/mol. The lowest BCUT2D eigenvalue weighted by atomic mass is 9.85. The molecule has 0 amide bonds. The Labute approximate surface area is 220 Å². The van der Waals surface area contributed by atoms with Crippen LogP contribution in [-0.2, 0) is 27.1 Å². The molecule has 2 aliphatic rings. The number of hydrogen-bond donors (Lipinski definition) is 4. The van der Waals surface area contributed by atoms with Gasteiger partial charge < -0.3 is 48.8 Å². The van der Waals surface area contributed by atoms with Gasteiger partial charge in [0.2, 0.25) is 6.29 Å². The van der Waals surface area contributed by atoms with Crippen molar-refractivity contribution in [3.05, 3.63) is 47.5 Å². The van der Waals surface area contributed by atoms with E-state index in [-0.39, 0.29) is 23.6 Å². The summed E-state index contributed by atoms with van der Waals surface area (Å²) in [6.07, 6.45) is -5.99. The lowest BCUT2D eigenvalue weighted by Crippen LogP contribution is -2.60. The zero-order valence-corrected chi connectivity index (χ0v) is 21.5. The van der Waals surface area contributed by atoms with Crippen LogP contribution >= 0.6 is 0 Å². The van der Waals surface area contributed by atoms with Crippen LogP contribution in [0, 0.1) is 11.8 Å². The molecule has 38 heavy (non-hydrogen) atoms. The van der Waals surface area contributed by atoms with Crippen molar-refractivity contribution in [3.63, 3.8) is 0 Å². The summed E-state index contributed by atoms with van der Waals surface area (Å²) >= 11 is 0. The molecule has 0 spiro atoms. The molecular weight excluding hydrogens is 500 g/mol. The van der Waals surface area contributed by atoms with Gasteiger partial charge in [0.05, 0.1) is 40.5 Å². The van der Waals surface area contributed by atoms with Crippen molar-refractivity contribution in [2.24, 2.45) is 11.8 Å². The minimum Gasteiger partial charge on any atom is -0.493 e. The van der Waals surface area contributed by atoms with E-state index in [2.05, 4.69) is 0 Å². The van der Waals surface area contributed by atoms with Gasteiger partial charge in [-0.15, -0.1) is 0 Å². The summed E-state index contributed by atoms with van der Waals surface area (Å²) < 4.78 is 32.7. The van der Waals surface area contributed by atoms with E-state index in [1.54, 1.807) is 32.4 Å². The van der Waals surface area contributed by atoms with E-state index in [9.17, 15) is 25.2 Å². The highest BCUT2D eigenvalue weighted by Gasteiger charge is 2.45. The van der Waals surface area contributed by atoms with Gasteiger partial charge in [-0.3, -0.25) is 4.79 Å². The van der Waals surface area contributed by atoms with Crippen molar-refractivity contribution >= 4 is 5.97 Å². The molecule has 2 aromatic rings.